The first-order valence-corrected chi connectivity index (χ1v) is 11.0. The van der Waals surface area contributed by atoms with Crippen molar-refractivity contribution in [1.29, 1.82) is 0 Å². The van der Waals surface area contributed by atoms with Crippen molar-refractivity contribution in [3.63, 3.8) is 0 Å². The maximum atomic E-state index is 13.9. The largest absolute Gasteiger partial charge is 0.461 e. The lowest BCUT2D eigenvalue weighted by Crippen LogP contribution is -2.59. The van der Waals surface area contributed by atoms with Gasteiger partial charge in [-0.25, -0.2) is 0 Å². The second-order valence-electron chi connectivity index (χ2n) is 10.0. The Morgan fingerprint density at radius 3 is 2.52 bits per heavy atom. The number of ether oxygens (including phenoxy) is 2. The molecule has 1 unspecified atom stereocenters. The summed E-state index contributed by atoms with van der Waals surface area (Å²) in [5.41, 5.74) is -2.73. The number of hydrogen-bond acceptors (Lipinski definition) is 6. The van der Waals surface area contributed by atoms with E-state index < -0.39 is 40.6 Å². The van der Waals surface area contributed by atoms with Gasteiger partial charge in [-0.3, -0.25) is 14.4 Å². The van der Waals surface area contributed by atoms with Gasteiger partial charge in [-0.2, -0.15) is 0 Å². The number of aliphatic hydroxyl groups excluding tert-OH is 1. The van der Waals surface area contributed by atoms with Crippen LogP contribution < -0.4 is 0 Å². The summed E-state index contributed by atoms with van der Waals surface area (Å²) in [7, 11) is 0. The number of aliphatic hydroxyl groups is 1. The third-order valence-electron chi connectivity index (χ3n) is 6.93. The summed E-state index contributed by atoms with van der Waals surface area (Å²) in [6.07, 6.45) is 8.31. The molecule has 0 aliphatic carbocycles. The molecule has 31 heavy (non-hydrogen) atoms. The Morgan fingerprint density at radius 2 is 1.84 bits per heavy atom. The number of esters is 1. The van der Waals surface area contributed by atoms with Gasteiger partial charge in [0.2, 0.25) is 11.8 Å². The minimum absolute atomic E-state index is 0.0115. The molecular weight excluding hydrogens is 400 g/mol. The number of unbranched alkanes of at least 4 members (excludes halogenated alkanes) is 1. The minimum Gasteiger partial charge on any atom is -0.461 e. The van der Waals surface area contributed by atoms with E-state index in [1.54, 1.807) is 28.9 Å². The van der Waals surface area contributed by atoms with Gasteiger partial charge in [0.1, 0.15) is 24.2 Å². The first kappa shape index (κ1) is 22.0. The van der Waals surface area contributed by atoms with Crippen molar-refractivity contribution in [3.05, 3.63) is 24.3 Å². The average molecular weight is 433 g/mol. The molecular formula is C23H32N2O6. The maximum absolute atomic E-state index is 13.9. The molecule has 2 saturated heterocycles. The highest BCUT2D eigenvalue weighted by Gasteiger charge is 2.74. The Balaban J connectivity index is 1.84. The fourth-order valence-corrected chi connectivity index (χ4v) is 5.59. The molecule has 2 fully saturated rings. The second-order valence-corrected chi connectivity index (χ2v) is 10.0. The third kappa shape index (κ3) is 3.22. The number of carbonyl (C=O) groups is 3. The van der Waals surface area contributed by atoms with Gasteiger partial charge in [0, 0.05) is 25.2 Å². The van der Waals surface area contributed by atoms with Gasteiger partial charge in [-0.1, -0.05) is 18.2 Å². The van der Waals surface area contributed by atoms with Crippen LogP contribution in [0.3, 0.4) is 0 Å². The zero-order valence-electron chi connectivity index (χ0n) is 18.7. The smallest absolute Gasteiger partial charge is 0.313 e. The molecule has 8 heteroatoms. The number of hydrogen-bond donors (Lipinski definition) is 1. The summed E-state index contributed by atoms with van der Waals surface area (Å²) in [4.78, 5) is 43.9. The highest BCUT2D eigenvalue weighted by atomic mass is 16.6. The normalized spacial score (nSPS) is 37.3. The third-order valence-corrected chi connectivity index (χ3v) is 6.93. The second kappa shape index (κ2) is 7.45. The van der Waals surface area contributed by atoms with Crippen molar-refractivity contribution in [2.24, 2.45) is 11.8 Å². The Kier molecular flexibility index (Phi) is 5.29. The molecule has 1 spiro atoms. The highest BCUT2D eigenvalue weighted by molar-refractivity contribution is 5.99. The Morgan fingerprint density at radius 1 is 1.10 bits per heavy atom. The van der Waals surface area contributed by atoms with E-state index in [1.807, 2.05) is 32.9 Å². The average Bonchev–Trinajstić information content (AvgIpc) is 2.92. The molecule has 0 aromatic rings. The van der Waals surface area contributed by atoms with Crippen LogP contribution in [0.1, 0.15) is 40.5 Å². The predicted molar refractivity (Wildman–Crippen MR) is 112 cm³/mol. The lowest BCUT2D eigenvalue weighted by Gasteiger charge is -2.41. The standard InChI is InChI=1S/C23H32N2O6/c1-21(2,3)25-12-7-10-23-15(16-20(29)30-14-8-9-22(16,4)31-23)18(27)24(11-5-6-13-26)17(23)19(25)28/h7-10,15-17,26H,5-6,11-14H2,1-4H3/t15-,16+,17?,22-,23-/m0/s1. The summed E-state index contributed by atoms with van der Waals surface area (Å²) in [6, 6.07) is -0.869. The van der Waals surface area contributed by atoms with Gasteiger partial charge in [0.25, 0.3) is 0 Å². The SMILES string of the molecule is CC(C)(C)N1CC=C[C@]23O[C@@]4(C)C=CCOC(=O)[C@H]4[C@H]2C(=O)N(CCCCO)C3C1=O. The maximum Gasteiger partial charge on any atom is 0.313 e. The molecule has 5 atom stereocenters. The summed E-state index contributed by atoms with van der Waals surface area (Å²) < 4.78 is 12.0. The van der Waals surface area contributed by atoms with E-state index in [4.69, 9.17) is 9.47 Å². The molecule has 0 saturated carbocycles. The monoisotopic (exact) mass is 432 g/mol. The molecule has 0 radical (unpaired) electrons. The Hall–Kier alpha value is -2.19. The highest BCUT2D eigenvalue weighted by Crippen LogP contribution is 2.57. The van der Waals surface area contributed by atoms with Crippen LogP contribution in [0.4, 0.5) is 0 Å². The molecule has 0 aromatic carbocycles. The van der Waals surface area contributed by atoms with Crippen molar-refractivity contribution < 1.29 is 29.0 Å². The van der Waals surface area contributed by atoms with Crippen molar-refractivity contribution in [3.8, 4) is 0 Å². The quantitative estimate of drug-likeness (QED) is 0.405. The molecule has 8 nitrogen and oxygen atoms in total. The summed E-state index contributed by atoms with van der Waals surface area (Å²) in [5.74, 6) is -2.60. The van der Waals surface area contributed by atoms with Crippen LogP contribution in [0.25, 0.3) is 0 Å². The van der Waals surface area contributed by atoms with E-state index in [2.05, 4.69) is 0 Å². The van der Waals surface area contributed by atoms with Crippen LogP contribution >= 0.6 is 0 Å². The number of fused-ring (bicyclic) bond motifs is 2. The van der Waals surface area contributed by atoms with E-state index in [1.165, 1.54) is 0 Å². The van der Waals surface area contributed by atoms with Gasteiger partial charge in [0.15, 0.2) is 0 Å². The van der Waals surface area contributed by atoms with E-state index in [-0.39, 0.29) is 25.0 Å². The van der Waals surface area contributed by atoms with Crippen molar-refractivity contribution in [2.75, 3.05) is 26.3 Å². The zero-order valence-corrected chi connectivity index (χ0v) is 18.7. The van der Waals surface area contributed by atoms with Crippen LogP contribution in [0.15, 0.2) is 24.3 Å². The molecule has 2 amide bonds. The number of likely N-dealkylation sites (tertiary alicyclic amines) is 1. The fraction of sp³-hybridized carbons (Fsp3) is 0.696. The van der Waals surface area contributed by atoms with Gasteiger partial charge < -0.3 is 24.4 Å². The fourth-order valence-electron chi connectivity index (χ4n) is 5.59. The minimum atomic E-state index is -1.24. The van der Waals surface area contributed by atoms with Crippen LogP contribution in [0.2, 0.25) is 0 Å². The Labute approximate surface area is 182 Å². The molecule has 4 aliphatic rings. The topological polar surface area (TPSA) is 96.4 Å². The number of rotatable bonds is 4. The van der Waals surface area contributed by atoms with Gasteiger partial charge in [-0.15, -0.1) is 0 Å². The van der Waals surface area contributed by atoms with Crippen molar-refractivity contribution in [2.45, 2.75) is 63.3 Å². The molecule has 4 heterocycles. The lowest BCUT2D eigenvalue weighted by molar-refractivity contribution is -0.158. The lowest BCUT2D eigenvalue weighted by atomic mass is 9.74. The van der Waals surface area contributed by atoms with Gasteiger partial charge in [-0.05, 0) is 46.6 Å². The summed E-state index contributed by atoms with van der Waals surface area (Å²) in [5, 5.41) is 9.22. The molecule has 4 aliphatic heterocycles. The van der Waals surface area contributed by atoms with Gasteiger partial charge in [0.05, 0.1) is 11.5 Å². The summed E-state index contributed by atoms with van der Waals surface area (Å²) in [6.45, 7) is 8.54. The zero-order chi connectivity index (χ0) is 22.6. The van der Waals surface area contributed by atoms with Crippen molar-refractivity contribution in [1.82, 2.24) is 9.80 Å². The Bertz CT molecular complexity index is 845. The molecule has 1 N–H and O–H groups in total. The van der Waals surface area contributed by atoms with Crippen LogP contribution in [0, 0.1) is 11.8 Å². The number of amides is 2. The first-order chi connectivity index (χ1) is 14.6. The molecule has 0 aromatic heterocycles. The van der Waals surface area contributed by atoms with Gasteiger partial charge >= 0.3 is 5.97 Å². The molecule has 0 bridgehead atoms. The predicted octanol–water partition coefficient (Wildman–Crippen LogP) is 1.04. The van der Waals surface area contributed by atoms with Crippen LogP contribution in [-0.4, -0.2) is 81.8 Å². The van der Waals surface area contributed by atoms with Crippen LogP contribution in [0.5, 0.6) is 0 Å². The summed E-state index contributed by atoms with van der Waals surface area (Å²) >= 11 is 0. The molecule has 170 valence electrons. The van der Waals surface area contributed by atoms with E-state index in [9.17, 15) is 19.5 Å². The number of cyclic esters (lactones) is 1. The first-order valence-electron chi connectivity index (χ1n) is 11.0. The molecule has 4 rings (SSSR count). The van der Waals surface area contributed by atoms with E-state index in [0.717, 1.165) is 0 Å². The van der Waals surface area contributed by atoms with E-state index in [0.29, 0.717) is 25.9 Å². The number of carbonyl (C=O) groups excluding carboxylic acids is 3. The number of nitrogens with zero attached hydrogens (tertiary/aromatic N) is 2. The van der Waals surface area contributed by atoms with Crippen LogP contribution in [-0.2, 0) is 23.9 Å². The van der Waals surface area contributed by atoms with E-state index >= 15 is 0 Å². The van der Waals surface area contributed by atoms with Crippen molar-refractivity contribution >= 4 is 17.8 Å².